The van der Waals surface area contributed by atoms with E-state index in [2.05, 4.69) is 15.2 Å². The standard InChI is InChI=1S/C20H25ClN4O3/c1-27-18-10-16(22)15(21)9-14(18)20(26)24-17-6-8-25(12-19(17)28-2)11-13-5-3-4-7-23-13/h3-5,7,9-10,17,19H,6,8,11-12,22H2,1-2H3,(H,24,26). The number of likely N-dealkylation sites (tertiary alicyclic amines) is 1. The Bertz CT molecular complexity index is 819. The molecule has 1 saturated heterocycles. The summed E-state index contributed by atoms with van der Waals surface area (Å²) in [6.07, 6.45) is 2.43. The van der Waals surface area contributed by atoms with Gasteiger partial charge in [0.25, 0.3) is 5.91 Å². The first-order valence-corrected chi connectivity index (χ1v) is 9.48. The highest BCUT2D eigenvalue weighted by molar-refractivity contribution is 6.33. The molecule has 0 radical (unpaired) electrons. The highest BCUT2D eigenvalue weighted by Gasteiger charge is 2.31. The molecule has 28 heavy (non-hydrogen) atoms. The van der Waals surface area contributed by atoms with Crippen LogP contribution in [0.4, 0.5) is 5.69 Å². The van der Waals surface area contributed by atoms with Crippen LogP contribution in [-0.4, -0.2) is 55.2 Å². The van der Waals surface area contributed by atoms with E-state index in [0.29, 0.717) is 28.6 Å². The number of carbonyl (C=O) groups excluding carboxylic acids is 1. The van der Waals surface area contributed by atoms with Crippen molar-refractivity contribution < 1.29 is 14.3 Å². The molecule has 2 aromatic rings. The molecule has 1 fully saturated rings. The number of halogens is 1. The maximum Gasteiger partial charge on any atom is 0.255 e. The molecule has 1 aliphatic heterocycles. The Morgan fingerprint density at radius 3 is 2.89 bits per heavy atom. The summed E-state index contributed by atoms with van der Waals surface area (Å²) in [4.78, 5) is 19.5. The van der Waals surface area contributed by atoms with Gasteiger partial charge in [-0.15, -0.1) is 0 Å². The lowest BCUT2D eigenvalue weighted by atomic mass is 10.0. The Morgan fingerprint density at radius 2 is 2.21 bits per heavy atom. The van der Waals surface area contributed by atoms with E-state index >= 15 is 0 Å². The van der Waals surface area contributed by atoms with Gasteiger partial charge in [0.05, 0.1) is 41.2 Å². The number of aromatic nitrogens is 1. The van der Waals surface area contributed by atoms with Gasteiger partial charge in [-0.25, -0.2) is 0 Å². The summed E-state index contributed by atoms with van der Waals surface area (Å²) in [5, 5.41) is 3.38. The predicted octanol–water partition coefficient (Wildman–Crippen LogP) is 2.35. The Hall–Kier alpha value is -2.35. The van der Waals surface area contributed by atoms with Gasteiger partial charge >= 0.3 is 0 Å². The van der Waals surface area contributed by atoms with Crippen LogP contribution in [0.5, 0.6) is 5.75 Å². The molecule has 0 spiro atoms. The highest BCUT2D eigenvalue weighted by Crippen LogP contribution is 2.29. The lowest BCUT2D eigenvalue weighted by molar-refractivity contribution is 0.00353. The van der Waals surface area contributed by atoms with Crippen molar-refractivity contribution in [3.63, 3.8) is 0 Å². The Labute approximate surface area is 169 Å². The first-order valence-electron chi connectivity index (χ1n) is 9.10. The largest absolute Gasteiger partial charge is 0.496 e. The lowest BCUT2D eigenvalue weighted by Gasteiger charge is -2.38. The summed E-state index contributed by atoms with van der Waals surface area (Å²) in [7, 11) is 3.16. The molecule has 7 nitrogen and oxygen atoms in total. The van der Waals surface area contributed by atoms with Gasteiger partial charge in [0, 0.05) is 39.0 Å². The number of pyridine rings is 1. The average molecular weight is 405 g/mol. The molecule has 150 valence electrons. The van der Waals surface area contributed by atoms with Crippen LogP contribution in [0.1, 0.15) is 22.5 Å². The number of methoxy groups -OCH3 is 2. The molecule has 2 unspecified atom stereocenters. The molecular formula is C20H25ClN4O3. The number of hydrogen-bond acceptors (Lipinski definition) is 6. The minimum Gasteiger partial charge on any atom is -0.496 e. The summed E-state index contributed by atoms with van der Waals surface area (Å²) < 4.78 is 10.9. The van der Waals surface area contributed by atoms with E-state index in [0.717, 1.165) is 25.2 Å². The molecule has 1 aliphatic rings. The second-order valence-electron chi connectivity index (χ2n) is 6.77. The molecule has 0 aliphatic carbocycles. The van der Waals surface area contributed by atoms with E-state index in [9.17, 15) is 4.79 Å². The maximum atomic E-state index is 12.8. The van der Waals surface area contributed by atoms with E-state index < -0.39 is 0 Å². The highest BCUT2D eigenvalue weighted by atomic mass is 35.5. The number of nitrogens with two attached hydrogens (primary N) is 1. The summed E-state index contributed by atoms with van der Waals surface area (Å²) in [6, 6.07) is 8.87. The Morgan fingerprint density at radius 1 is 1.39 bits per heavy atom. The topological polar surface area (TPSA) is 89.7 Å². The number of amides is 1. The normalized spacial score (nSPS) is 20.0. The monoisotopic (exact) mass is 404 g/mol. The first kappa shape index (κ1) is 20.4. The van der Waals surface area contributed by atoms with Gasteiger partial charge in [0.15, 0.2) is 0 Å². The number of hydrogen-bond donors (Lipinski definition) is 2. The van der Waals surface area contributed by atoms with E-state index in [1.54, 1.807) is 19.4 Å². The maximum absolute atomic E-state index is 12.8. The predicted molar refractivity (Wildman–Crippen MR) is 109 cm³/mol. The van der Waals surface area contributed by atoms with Gasteiger partial charge < -0.3 is 20.5 Å². The Kier molecular flexibility index (Phi) is 6.72. The van der Waals surface area contributed by atoms with Crippen LogP contribution in [-0.2, 0) is 11.3 Å². The third-order valence-electron chi connectivity index (χ3n) is 4.94. The molecule has 2 heterocycles. The van der Waals surface area contributed by atoms with Gasteiger partial charge in [0.1, 0.15) is 5.75 Å². The SMILES string of the molecule is COc1cc(N)c(Cl)cc1C(=O)NC1CCN(Cc2ccccn2)CC1OC. The van der Waals surface area contributed by atoms with Crippen LogP contribution >= 0.6 is 11.6 Å². The second kappa shape index (κ2) is 9.23. The lowest BCUT2D eigenvalue weighted by Crippen LogP contribution is -2.54. The van der Waals surface area contributed by atoms with Gasteiger partial charge in [-0.3, -0.25) is 14.7 Å². The second-order valence-corrected chi connectivity index (χ2v) is 7.18. The van der Waals surface area contributed by atoms with Crippen LogP contribution < -0.4 is 15.8 Å². The van der Waals surface area contributed by atoms with Crippen LogP contribution in [0.15, 0.2) is 36.5 Å². The molecular weight excluding hydrogens is 380 g/mol. The fourth-order valence-corrected chi connectivity index (χ4v) is 3.57. The number of anilines is 1. The number of piperidine rings is 1. The number of nitrogen functional groups attached to an aromatic ring is 1. The van der Waals surface area contributed by atoms with Crippen molar-refractivity contribution in [2.75, 3.05) is 33.0 Å². The number of carbonyl (C=O) groups is 1. The number of nitrogens with zero attached hydrogens (tertiary/aromatic N) is 2. The van der Waals surface area contributed by atoms with E-state index in [-0.39, 0.29) is 18.1 Å². The van der Waals surface area contributed by atoms with Crippen LogP contribution in [0.25, 0.3) is 0 Å². The smallest absolute Gasteiger partial charge is 0.255 e. The third-order valence-corrected chi connectivity index (χ3v) is 5.27. The zero-order valence-corrected chi connectivity index (χ0v) is 16.8. The molecule has 8 heteroatoms. The molecule has 1 amide bonds. The van der Waals surface area contributed by atoms with E-state index in [1.807, 2.05) is 18.2 Å². The van der Waals surface area contributed by atoms with Crippen molar-refractivity contribution in [2.24, 2.45) is 0 Å². The number of rotatable bonds is 6. The zero-order valence-electron chi connectivity index (χ0n) is 16.0. The minimum atomic E-state index is -0.260. The van der Waals surface area contributed by atoms with Gasteiger partial charge in [-0.1, -0.05) is 17.7 Å². The molecule has 0 bridgehead atoms. The van der Waals surface area contributed by atoms with E-state index in [4.69, 9.17) is 26.8 Å². The van der Waals surface area contributed by atoms with Gasteiger partial charge in [-0.05, 0) is 24.6 Å². The summed E-state index contributed by atoms with van der Waals surface area (Å²) in [5.74, 6) is 0.130. The van der Waals surface area contributed by atoms with Crippen LogP contribution in [0, 0.1) is 0 Å². The Balaban J connectivity index is 1.66. The van der Waals surface area contributed by atoms with Crippen LogP contribution in [0.2, 0.25) is 5.02 Å². The number of benzene rings is 1. The minimum absolute atomic E-state index is 0.112. The number of nitrogens with one attached hydrogen (secondary N) is 1. The summed E-state index contributed by atoms with van der Waals surface area (Å²) >= 11 is 6.08. The molecule has 1 aromatic carbocycles. The quantitative estimate of drug-likeness (QED) is 0.718. The molecule has 3 N–H and O–H groups in total. The third kappa shape index (κ3) is 4.73. The molecule has 2 atom stereocenters. The average Bonchev–Trinajstić information content (AvgIpc) is 2.71. The fourth-order valence-electron chi connectivity index (χ4n) is 3.41. The van der Waals surface area contributed by atoms with Crippen molar-refractivity contribution in [1.82, 2.24) is 15.2 Å². The van der Waals surface area contributed by atoms with E-state index in [1.165, 1.54) is 13.2 Å². The zero-order chi connectivity index (χ0) is 20.1. The van der Waals surface area contributed by atoms with Crippen molar-refractivity contribution in [3.05, 3.63) is 52.8 Å². The van der Waals surface area contributed by atoms with Crippen molar-refractivity contribution in [2.45, 2.75) is 25.1 Å². The van der Waals surface area contributed by atoms with Gasteiger partial charge in [0.2, 0.25) is 0 Å². The summed E-state index contributed by atoms with van der Waals surface area (Å²) in [5.41, 5.74) is 7.53. The molecule has 1 aromatic heterocycles. The molecule has 3 rings (SSSR count). The van der Waals surface area contributed by atoms with Gasteiger partial charge in [-0.2, -0.15) is 0 Å². The molecule has 0 saturated carbocycles. The first-order chi connectivity index (χ1) is 13.5. The van der Waals surface area contributed by atoms with Crippen molar-refractivity contribution in [3.8, 4) is 5.75 Å². The fraction of sp³-hybridized carbons (Fsp3) is 0.400. The van der Waals surface area contributed by atoms with Crippen molar-refractivity contribution >= 4 is 23.2 Å². The van der Waals surface area contributed by atoms with Crippen LogP contribution in [0.3, 0.4) is 0 Å². The number of ether oxygens (including phenoxy) is 2. The van der Waals surface area contributed by atoms with Crippen molar-refractivity contribution in [1.29, 1.82) is 0 Å². The summed E-state index contributed by atoms with van der Waals surface area (Å²) in [6.45, 7) is 2.29.